The average Bonchev–Trinajstić information content (AvgIpc) is 3.94. The van der Waals surface area contributed by atoms with Gasteiger partial charge in [0.25, 0.3) is 0 Å². The highest BCUT2D eigenvalue weighted by molar-refractivity contribution is 5.41. The highest BCUT2D eigenvalue weighted by Crippen LogP contribution is 2.46. The molecule has 0 radical (unpaired) electrons. The van der Waals surface area contributed by atoms with Crippen LogP contribution in [0.5, 0.6) is 0 Å². The summed E-state index contributed by atoms with van der Waals surface area (Å²) < 4.78 is 59.0. The molecule has 8 atom stereocenters. The molecule has 12 rings (SSSR count). The summed E-state index contributed by atoms with van der Waals surface area (Å²) in [6, 6.07) is 12.6. The van der Waals surface area contributed by atoms with Crippen LogP contribution in [0.25, 0.3) is 0 Å². The van der Waals surface area contributed by atoms with Gasteiger partial charge in [-0.3, -0.25) is 0 Å². The lowest BCUT2D eigenvalue weighted by Gasteiger charge is -2.38. The zero-order chi connectivity index (χ0) is 46.5. The molecule has 4 aromatic heterocycles. The minimum Gasteiger partial charge on any atom is -0.356 e. The van der Waals surface area contributed by atoms with Crippen LogP contribution >= 0.6 is 0 Å². The highest BCUT2D eigenvalue weighted by atomic mass is 19.2. The molecule has 0 N–H and O–H groups in total. The summed E-state index contributed by atoms with van der Waals surface area (Å²) in [5.74, 6) is 5.97. The minimum atomic E-state index is -0.807. The first-order valence-corrected chi connectivity index (χ1v) is 24.9. The second-order valence-corrected chi connectivity index (χ2v) is 20.4. The van der Waals surface area contributed by atoms with Crippen molar-refractivity contribution in [2.24, 2.45) is 35.5 Å². The van der Waals surface area contributed by atoms with Crippen LogP contribution < -0.4 is 9.80 Å². The van der Waals surface area contributed by atoms with E-state index in [0.29, 0.717) is 35.5 Å². The van der Waals surface area contributed by atoms with Crippen LogP contribution in [-0.2, 0) is 25.9 Å². The Morgan fingerprint density at radius 2 is 0.897 bits per heavy atom. The quantitative estimate of drug-likeness (QED) is 0.137. The van der Waals surface area contributed by atoms with E-state index < -0.39 is 23.3 Å². The topological polar surface area (TPSA) is 119 Å². The van der Waals surface area contributed by atoms with Crippen molar-refractivity contribution >= 4 is 11.6 Å². The van der Waals surface area contributed by atoms with Gasteiger partial charge in [-0.1, -0.05) is 25.0 Å². The van der Waals surface area contributed by atoms with Crippen LogP contribution in [0.3, 0.4) is 0 Å². The minimum absolute atomic E-state index is 0.0431. The van der Waals surface area contributed by atoms with Crippen LogP contribution in [0.1, 0.15) is 122 Å². The number of benzene rings is 2. The predicted molar refractivity (Wildman–Crippen MR) is 249 cm³/mol. The van der Waals surface area contributed by atoms with Crippen LogP contribution in [0, 0.1) is 72.6 Å². The number of aromatic nitrogens is 10. The maximum atomic E-state index is 14.0. The summed E-state index contributed by atoms with van der Waals surface area (Å²) in [6.07, 6.45) is 15.9. The van der Waals surface area contributed by atoms with E-state index in [1.807, 2.05) is 23.2 Å². The largest absolute Gasteiger partial charge is 0.356 e. The van der Waals surface area contributed by atoms with Gasteiger partial charge in [-0.2, -0.15) is 10.2 Å². The first kappa shape index (κ1) is 44.7. The highest BCUT2D eigenvalue weighted by Gasteiger charge is 2.44. The van der Waals surface area contributed by atoms with Crippen molar-refractivity contribution in [2.75, 3.05) is 36.0 Å². The summed E-state index contributed by atoms with van der Waals surface area (Å²) in [5.41, 5.74) is 3.57. The molecular weight excluding hydrogens is 869 g/mol. The van der Waals surface area contributed by atoms with E-state index in [2.05, 4.69) is 41.9 Å². The van der Waals surface area contributed by atoms with E-state index in [9.17, 15) is 17.6 Å². The number of aryl methyl sites for hydroxylation is 4. The number of hydrogen-bond donors (Lipinski definition) is 0. The molecule has 6 aromatic rings. The number of rotatable bonds is 8. The van der Waals surface area contributed by atoms with E-state index in [4.69, 9.17) is 20.2 Å². The zero-order valence-corrected chi connectivity index (χ0v) is 39.0. The lowest BCUT2D eigenvalue weighted by atomic mass is 9.82. The molecule has 2 aromatic carbocycles. The Hall–Kier alpha value is -5.80. The van der Waals surface area contributed by atoms with Gasteiger partial charge in [0.2, 0.25) is 0 Å². The number of fused-ring (bicyclic) bond motifs is 6. The number of piperidine rings is 2. The van der Waals surface area contributed by atoms with Crippen molar-refractivity contribution in [1.82, 2.24) is 49.5 Å². The molecule has 68 heavy (non-hydrogen) atoms. The van der Waals surface area contributed by atoms with Gasteiger partial charge in [0.05, 0.1) is 0 Å². The molecule has 356 valence electrons. The SMILES string of the molecule is Cc1cc(N2C[C@H]3CC[C@@H](C2)C3Cc2nc3n(n2)CCCC[C@@H]3c2ccc(F)c(F)c2)ncn1.Cc1cc(N2C[C@H]3CC[C@@H](C2)C3Cc2nc3n(n2)CCCC[C@H]3c2ccc(F)c(F)c2)ncn1. The first-order valence-electron chi connectivity index (χ1n) is 24.9. The Bertz CT molecular complexity index is 2540. The predicted octanol–water partition coefficient (Wildman–Crippen LogP) is 9.35. The normalized spacial score (nSPS) is 26.4. The Balaban J connectivity index is 0.000000149. The van der Waals surface area contributed by atoms with Gasteiger partial charge in [-0.05, 0) is 136 Å². The molecule has 0 spiro atoms. The molecule has 2 aliphatic carbocycles. The average molecular weight is 929 g/mol. The Kier molecular flexibility index (Phi) is 12.5. The summed E-state index contributed by atoms with van der Waals surface area (Å²) in [7, 11) is 0. The number of halogens is 4. The van der Waals surface area contributed by atoms with Gasteiger partial charge in [-0.15, -0.1) is 0 Å². The molecule has 4 aliphatic heterocycles. The van der Waals surface area contributed by atoms with Gasteiger partial charge >= 0.3 is 0 Å². The Morgan fingerprint density at radius 3 is 1.28 bits per heavy atom. The van der Waals surface area contributed by atoms with Crippen LogP contribution in [0.2, 0.25) is 0 Å². The van der Waals surface area contributed by atoms with E-state index in [1.165, 1.54) is 49.9 Å². The monoisotopic (exact) mass is 929 g/mol. The smallest absolute Gasteiger partial charge is 0.159 e. The van der Waals surface area contributed by atoms with Crippen molar-refractivity contribution in [2.45, 2.75) is 116 Å². The van der Waals surface area contributed by atoms with Crippen LogP contribution in [0.15, 0.2) is 61.2 Å². The van der Waals surface area contributed by atoms with Crippen molar-refractivity contribution in [3.05, 3.63) is 130 Å². The van der Waals surface area contributed by atoms with E-state index in [0.717, 1.165) is 148 Å². The van der Waals surface area contributed by atoms with Crippen molar-refractivity contribution < 1.29 is 17.6 Å². The molecule has 2 unspecified atom stereocenters. The van der Waals surface area contributed by atoms with Gasteiger partial charge in [0.1, 0.15) is 35.9 Å². The number of nitrogens with zero attached hydrogens (tertiary/aromatic N) is 12. The second-order valence-electron chi connectivity index (χ2n) is 20.4. The maximum absolute atomic E-state index is 14.0. The van der Waals surface area contributed by atoms with E-state index in [-0.39, 0.29) is 11.8 Å². The fourth-order valence-corrected chi connectivity index (χ4v) is 12.8. The Labute approximate surface area is 395 Å². The molecule has 0 amide bonds. The first-order chi connectivity index (χ1) is 33.1. The third-order valence-electron chi connectivity index (χ3n) is 16.2. The summed E-state index contributed by atoms with van der Waals surface area (Å²) >= 11 is 0. The summed E-state index contributed by atoms with van der Waals surface area (Å²) in [5, 5.41) is 9.82. The zero-order valence-electron chi connectivity index (χ0n) is 39.0. The van der Waals surface area contributed by atoms with Crippen LogP contribution in [-0.4, -0.2) is 75.6 Å². The molecule has 4 bridgehead atoms. The molecule has 16 heteroatoms. The van der Waals surface area contributed by atoms with E-state index in [1.54, 1.807) is 24.8 Å². The molecule has 4 fully saturated rings. The maximum Gasteiger partial charge on any atom is 0.159 e. The third kappa shape index (κ3) is 9.11. The van der Waals surface area contributed by atoms with Gasteiger partial charge in [-0.25, -0.2) is 56.8 Å². The molecular formula is C52H60F4N12. The van der Waals surface area contributed by atoms with E-state index >= 15 is 0 Å². The lowest BCUT2D eigenvalue weighted by molar-refractivity contribution is 0.264. The van der Waals surface area contributed by atoms with Crippen LogP contribution in [0.4, 0.5) is 29.2 Å². The Morgan fingerprint density at radius 1 is 0.485 bits per heavy atom. The summed E-state index contributed by atoms with van der Waals surface area (Å²) in [4.78, 5) is 32.3. The molecule has 2 saturated carbocycles. The van der Waals surface area contributed by atoms with Crippen molar-refractivity contribution in [3.8, 4) is 0 Å². The number of hydrogen-bond acceptors (Lipinski definition) is 10. The molecule has 6 aliphatic rings. The molecule has 12 nitrogen and oxygen atoms in total. The second kappa shape index (κ2) is 18.9. The fourth-order valence-electron chi connectivity index (χ4n) is 12.8. The lowest BCUT2D eigenvalue weighted by Crippen LogP contribution is -2.43. The third-order valence-corrected chi connectivity index (χ3v) is 16.2. The summed E-state index contributed by atoms with van der Waals surface area (Å²) in [6.45, 7) is 9.75. The number of anilines is 2. The molecule has 8 heterocycles. The van der Waals surface area contributed by atoms with Crippen molar-refractivity contribution in [3.63, 3.8) is 0 Å². The van der Waals surface area contributed by atoms with Gasteiger partial charge in [0, 0.05) is 87.5 Å². The van der Waals surface area contributed by atoms with Gasteiger partial charge in [0.15, 0.2) is 34.9 Å². The molecule has 2 saturated heterocycles. The standard InChI is InChI=1S/2C26H30F2N6/c2*1-16-10-25(30-15-29-16)33-13-18-5-6-19(14-33)21(18)12-24-31-26-20(4-2-3-9-34(26)32-24)17-7-8-22(27)23(28)11-17/h2*7-8,10-11,15,18-21H,2-6,9,12-14H2,1H3/t2*18-,19+,20-,21?/m10/s1. The van der Waals surface area contributed by atoms with Crippen molar-refractivity contribution in [1.29, 1.82) is 0 Å². The fraction of sp³-hybridized carbons (Fsp3) is 0.538. The van der Waals surface area contributed by atoms with Gasteiger partial charge < -0.3 is 9.80 Å².